The van der Waals surface area contributed by atoms with E-state index in [0.29, 0.717) is 22.4 Å². The Balaban J connectivity index is 1.89. The summed E-state index contributed by atoms with van der Waals surface area (Å²) >= 11 is 0. The second kappa shape index (κ2) is 5.46. The molecule has 0 unspecified atom stereocenters. The van der Waals surface area contributed by atoms with Crippen molar-refractivity contribution in [3.05, 3.63) is 65.4 Å². The van der Waals surface area contributed by atoms with E-state index in [2.05, 4.69) is 21.0 Å². The molecular weight excluding hydrogens is 345 g/mol. The van der Waals surface area contributed by atoms with Crippen LogP contribution in [-0.2, 0) is 6.18 Å². The predicted octanol–water partition coefficient (Wildman–Crippen LogP) is 3.64. The van der Waals surface area contributed by atoms with Crippen molar-refractivity contribution >= 4 is 5.78 Å². The quantitative estimate of drug-likeness (QED) is 0.522. The van der Waals surface area contributed by atoms with Crippen LogP contribution in [0.15, 0.2) is 42.7 Å². The fourth-order valence-electron chi connectivity index (χ4n) is 2.83. The highest BCUT2D eigenvalue weighted by molar-refractivity contribution is 6.20. The molecular formula is C18H7F3N4O. The summed E-state index contributed by atoms with van der Waals surface area (Å²) in [7, 11) is 0. The van der Waals surface area contributed by atoms with Gasteiger partial charge in [-0.05, 0) is 12.1 Å². The number of nitrogens with zero attached hydrogens (tertiary/aromatic N) is 4. The van der Waals surface area contributed by atoms with Gasteiger partial charge in [0.1, 0.15) is 5.69 Å². The van der Waals surface area contributed by atoms with Crippen LogP contribution in [0.1, 0.15) is 27.4 Å². The van der Waals surface area contributed by atoms with Crippen LogP contribution in [0.5, 0.6) is 0 Å². The average Bonchev–Trinajstić information content (AvgIpc) is 2.92. The second-order valence-corrected chi connectivity index (χ2v) is 5.56. The smallest absolute Gasteiger partial charge is 0.287 e. The highest BCUT2D eigenvalue weighted by atomic mass is 19.4. The van der Waals surface area contributed by atoms with Gasteiger partial charge in [0.2, 0.25) is 11.6 Å². The number of carbonyl (C=O) groups excluding carboxylic acids is 1. The number of hydrogen-bond acceptors (Lipinski definition) is 5. The summed E-state index contributed by atoms with van der Waals surface area (Å²) in [5, 5.41) is 9.22. The molecule has 0 fully saturated rings. The van der Waals surface area contributed by atoms with Gasteiger partial charge in [0.25, 0.3) is 0 Å². The summed E-state index contributed by atoms with van der Waals surface area (Å²) in [6, 6.07) is 10.4. The maximum Gasteiger partial charge on any atom is 0.451 e. The molecule has 4 rings (SSSR count). The van der Waals surface area contributed by atoms with Crippen LogP contribution >= 0.6 is 0 Å². The molecule has 1 aliphatic rings. The summed E-state index contributed by atoms with van der Waals surface area (Å²) in [5.74, 6) is -1.99. The van der Waals surface area contributed by atoms with E-state index in [4.69, 9.17) is 0 Å². The van der Waals surface area contributed by atoms with E-state index in [9.17, 15) is 23.2 Å². The van der Waals surface area contributed by atoms with Gasteiger partial charge < -0.3 is 0 Å². The molecule has 0 saturated carbocycles. The largest absolute Gasteiger partial charge is 0.451 e. The molecule has 0 saturated heterocycles. The highest BCUT2D eigenvalue weighted by Gasteiger charge is 2.38. The molecule has 0 aliphatic heterocycles. The van der Waals surface area contributed by atoms with Crippen LogP contribution in [-0.4, -0.2) is 20.7 Å². The molecule has 0 amide bonds. The maximum absolute atomic E-state index is 12.8. The molecule has 1 aromatic carbocycles. The number of rotatable bonds is 1. The molecule has 26 heavy (non-hydrogen) atoms. The number of alkyl halides is 3. The van der Waals surface area contributed by atoms with Crippen molar-refractivity contribution in [3.63, 3.8) is 0 Å². The summed E-state index contributed by atoms with van der Waals surface area (Å²) in [6.07, 6.45) is -2.45. The van der Waals surface area contributed by atoms with Gasteiger partial charge in [0.15, 0.2) is 0 Å². The van der Waals surface area contributed by atoms with Gasteiger partial charge in [0.05, 0.1) is 22.9 Å². The van der Waals surface area contributed by atoms with Crippen molar-refractivity contribution < 1.29 is 18.0 Å². The molecule has 1 aliphatic carbocycles. The number of ketones is 1. The van der Waals surface area contributed by atoms with Crippen LogP contribution in [0.3, 0.4) is 0 Å². The number of nitriles is 1. The van der Waals surface area contributed by atoms with Gasteiger partial charge in [-0.15, -0.1) is 0 Å². The molecule has 8 heteroatoms. The fourth-order valence-corrected chi connectivity index (χ4v) is 2.83. The zero-order valence-corrected chi connectivity index (χ0v) is 12.9. The van der Waals surface area contributed by atoms with E-state index in [1.807, 2.05) is 0 Å². The predicted molar refractivity (Wildman–Crippen MR) is 83.8 cm³/mol. The second-order valence-electron chi connectivity index (χ2n) is 5.56. The minimum absolute atomic E-state index is 0.159. The first-order chi connectivity index (χ1) is 12.4. The zero-order chi connectivity index (χ0) is 18.5. The van der Waals surface area contributed by atoms with Gasteiger partial charge in [-0.1, -0.05) is 18.2 Å². The lowest BCUT2D eigenvalue weighted by atomic mass is 10.0. The van der Waals surface area contributed by atoms with Crippen LogP contribution in [0.2, 0.25) is 0 Å². The Labute approximate surface area is 144 Å². The lowest BCUT2D eigenvalue weighted by Gasteiger charge is -2.07. The van der Waals surface area contributed by atoms with Gasteiger partial charge >= 0.3 is 6.18 Å². The average molecular weight is 352 g/mol. The number of pyridine rings is 1. The standard InChI is InChI=1S/C18H7F3N4O/c19-18(20,21)17-24-7-12-11-5-14(10-4-2-1-3-9(10)6-22)23-8-13(11)16(26)15(12)25-17/h1-5,7-8H. The summed E-state index contributed by atoms with van der Waals surface area (Å²) in [5.41, 5.74) is 1.87. The van der Waals surface area contributed by atoms with Crippen LogP contribution in [0, 0.1) is 11.3 Å². The Bertz CT molecular complexity index is 1120. The Morgan fingerprint density at radius 3 is 2.42 bits per heavy atom. The van der Waals surface area contributed by atoms with E-state index >= 15 is 0 Å². The van der Waals surface area contributed by atoms with Crippen molar-refractivity contribution in [2.24, 2.45) is 0 Å². The summed E-state index contributed by atoms with van der Waals surface area (Å²) < 4.78 is 38.4. The molecule has 0 N–H and O–H groups in total. The number of benzene rings is 1. The van der Waals surface area contributed by atoms with Gasteiger partial charge in [-0.3, -0.25) is 9.78 Å². The first kappa shape index (κ1) is 15.9. The van der Waals surface area contributed by atoms with Crippen molar-refractivity contribution in [2.45, 2.75) is 6.18 Å². The van der Waals surface area contributed by atoms with Crippen LogP contribution < -0.4 is 0 Å². The molecule has 126 valence electrons. The van der Waals surface area contributed by atoms with E-state index in [1.165, 1.54) is 6.20 Å². The van der Waals surface area contributed by atoms with E-state index in [-0.39, 0.29) is 16.8 Å². The van der Waals surface area contributed by atoms with Crippen LogP contribution in [0.25, 0.3) is 22.4 Å². The van der Waals surface area contributed by atoms with Gasteiger partial charge in [-0.2, -0.15) is 18.4 Å². The monoisotopic (exact) mass is 352 g/mol. The number of aromatic nitrogens is 3. The van der Waals surface area contributed by atoms with Crippen molar-refractivity contribution in [1.82, 2.24) is 15.0 Å². The number of hydrogen-bond donors (Lipinski definition) is 0. The molecule has 3 aromatic rings. The number of carbonyl (C=O) groups is 1. The SMILES string of the molecule is N#Cc1ccccc1-c1cc2c(cn1)C(=O)c1nc(C(F)(F)F)ncc1-2. The zero-order valence-electron chi connectivity index (χ0n) is 12.9. The normalized spacial score (nSPS) is 12.5. The molecule has 5 nitrogen and oxygen atoms in total. The molecule has 0 radical (unpaired) electrons. The third-order valence-electron chi connectivity index (χ3n) is 4.02. The fraction of sp³-hybridized carbons (Fsp3) is 0.0556. The third-order valence-corrected chi connectivity index (χ3v) is 4.02. The summed E-state index contributed by atoms with van der Waals surface area (Å²) in [4.78, 5) is 23.3. The van der Waals surface area contributed by atoms with Crippen molar-refractivity contribution in [1.29, 1.82) is 5.26 Å². The topological polar surface area (TPSA) is 79.5 Å². The Kier molecular flexibility index (Phi) is 3.34. The molecule has 0 atom stereocenters. The van der Waals surface area contributed by atoms with E-state index in [0.717, 1.165) is 6.20 Å². The maximum atomic E-state index is 12.8. The van der Waals surface area contributed by atoms with Crippen LogP contribution in [0.4, 0.5) is 13.2 Å². The molecule has 2 heterocycles. The first-order valence-electron chi connectivity index (χ1n) is 7.39. The number of fused-ring (bicyclic) bond motifs is 3. The minimum atomic E-state index is -4.74. The van der Waals surface area contributed by atoms with Gasteiger partial charge in [-0.25, -0.2) is 9.97 Å². The number of halogens is 3. The van der Waals surface area contributed by atoms with Crippen molar-refractivity contribution in [3.8, 4) is 28.5 Å². The van der Waals surface area contributed by atoms with E-state index in [1.54, 1.807) is 30.3 Å². The Morgan fingerprint density at radius 1 is 0.962 bits per heavy atom. The molecule has 0 bridgehead atoms. The minimum Gasteiger partial charge on any atom is -0.287 e. The Morgan fingerprint density at radius 2 is 1.69 bits per heavy atom. The lowest BCUT2D eigenvalue weighted by molar-refractivity contribution is -0.145. The highest BCUT2D eigenvalue weighted by Crippen LogP contribution is 2.38. The molecule has 2 aromatic heterocycles. The van der Waals surface area contributed by atoms with Crippen molar-refractivity contribution in [2.75, 3.05) is 0 Å². The Hall–Kier alpha value is -3.60. The lowest BCUT2D eigenvalue weighted by Crippen LogP contribution is -2.13. The first-order valence-corrected chi connectivity index (χ1v) is 7.39. The van der Waals surface area contributed by atoms with Gasteiger partial charge in [0, 0.05) is 29.1 Å². The third kappa shape index (κ3) is 2.33. The summed E-state index contributed by atoms with van der Waals surface area (Å²) in [6.45, 7) is 0. The molecule has 0 spiro atoms. The van der Waals surface area contributed by atoms with E-state index < -0.39 is 17.8 Å².